The van der Waals surface area contributed by atoms with Gasteiger partial charge < -0.3 is 10.1 Å². The number of benzene rings is 2. The Morgan fingerprint density at radius 2 is 2.04 bits per heavy atom. The van der Waals surface area contributed by atoms with Crippen LogP contribution in [0, 0.1) is 17.6 Å². The summed E-state index contributed by atoms with van der Waals surface area (Å²) in [6, 6.07) is 11.0. The number of halogens is 2. The summed E-state index contributed by atoms with van der Waals surface area (Å²) in [6.45, 7) is 2.36. The van der Waals surface area contributed by atoms with Crippen LogP contribution < -0.4 is 10.1 Å². The number of rotatable bonds is 6. The van der Waals surface area contributed by atoms with Crippen molar-refractivity contribution in [2.45, 2.75) is 25.2 Å². The second-order valence-corrected chi connectivity index (χ2v) is 6.69. The maximum Gasteiger partial charge on any atom is 0.224 e. The zero-order valence-corrected chi connectivity index (χ0v) is 14.3. The molecular formula is C20H21F2NO2. The average Bonchev–Trinajstić information content (AvgIpc) is 3.24. The predicted molar refractivity (Wildman–Crippen MR) is 91.5 cm³/mol. The fourth-order valence-electron chi connectivity index (χ4n) is 3.38. The van der Waals surface area contributed by atoms with Crippen LogP contribution in [0.25, 0.3) is 0 Å². The van der Waals surface area contributed by atoms with Crippen LogP contribution in [0.3, 0.4) is 0 Å². The molecule has 0 aliphatic heterocycles. The lowest BCUT2D eigenvalue weighted by molar-refractivity contribution is -0.120. The minimum atomic E-state index is -0.591. The van der Waals surface area contributed by atoms with Gasteiger partial charge in [-0.25, -0.2) is 8.78 Å². The van der Waals surface area contributed by atoms with E-state index in [1.165, 1.54) is 12.1 Å². The first-order chi connectivity index (χ1) is 11.9. The van der Waals surface area contributed by atoms with Crippen molar-refractivity contribution in [1.29, 1.82) is 0 Å². The number of carbonyl (C=O) groups is 1. The Morgan fingerprint density at radius 3 is 2.68 bits per heavy atom. The normalized spacial score (nSPS) is 21.7. The second-order valence-electron chi connectivity index (χ2n) is 6.69. The van der Waals surface area contributed by atoms with Crippen molar-refractivity contribution in [3.8, 4) is 5.75 Å². The van der Waals surface area contributed by atoms with Gasteiger partial charge in [0, 0.05) is 18.0 Å². The first-order valence-corrected chi connectivity index (χ1v) is 8.30. The fourth-order valence-corrected chi connectivity index (χ4v) is 3.38. The van der Waals surface area contributed by atoms with E-state index in [9.17, 15) is 13.6 Å². The molecule has 132 valence electrons. The number of nitrogens with one attached hydrogen (secondary N) is 1. The van der Waals surface area contributed by atoms with Gasteiger partial charge in [0.05, 0.1) is 13.5 Å². The Labute approximate surface area is 146 Å². The molecule has 0 heterocycles. The van der Waals surface area contributed by atoms with Gasteiger partial charge in [-0.1, -0.05) is 25.1 Å². The van der Waals surface area contributed by atoms with Crippen LogP contribution in [-0.4, -0.2) is 19.6 Å². The van der Waals surface area contributed by atoms with Crippen LogP contribution in [0.2, 0.25) is 0 Å². The van der Waals surface area contributed by atoms with Gasteiger partial charge in [0.15, 0.2) is 0 Å². The molecule has 2 aromatic rings. The molecular weight excluding hydrogens is 324 g/mol. The summed E-state index contributed by atoms with van der Waals surface area (Å²) in [5.74, 6) is -0.331. The number of ether oxygens (including phenoxy) is 1. The van der Waals surface area contributed by atoms with Crippen molar-refractivity contribution in [3.05, 3.63) is 65.2 Å². The number of carbonyl (C=O) groups excluding carboxylic acids is 1. The molecule has 1 saturated carbocycles. The Kier molecular flexibility index (Phi) is 4.75. The summed E-state index contributed by atoms with van der Waals surface area (Å²) >= 11 is 0. The first kappa shape index (κ1) is 17.4. The van der Waals surface area contributed by atoms with Gasteiger partial charge >= 0.3 is 0 Å². The molecule has 1 aliphatic rings. The molecule has 0 saturated heterocycles. The highest BCUT2D eigenvalue weighted by atomic mass is 19.1. The van der Waals surface area contributed by atoms with Crippen LogP contribution in [0.4, 0.5) is 8.78 Å². The van der Waals surface area contributed by atoms with E-state index in [1.54, 1.807) is 7.11 Å². The molecule has 3 rings (SSSR count). The van der Waals surface area contributed by atoms with Crippen molar-refractivity contribution >= 4 is 5.91 Å². The van der Waals surface area contributed by atoms with E-state index in [4.69, 9.17) is 4.74 Å². The Hall–Kier alpha value is -2.43. The van der Waals surface area contributed by atoms with Gasteiger partial charge in [0.2, 0.25) is 5.91 Å². The molecule has 2 aromatic carbocycles. The summed E-state index contributed by atoms with van der Waals surface area (Å²) in [5.41, 5.74) is 0.882. The Bertz CT molecular complexity index is 793. The third-order valence-corrected chi connectivity index (χ3v) is 5.02. The van der Waals surface area contributed by atoms with Gasteiger partial charge in [0.1, 0.15) is 17.4 Å². The maximum absolute atomic E-state index is 14.1. The number of methoxy groups -OCH3 is 1. The van der Waals surface area contributed by atoms with Crippen LogP contribution in [0.15, 0.2) is 42.5 Å². The molecule has 2 atom stereocenters. The van der Waals surface area contributed by atoms with Gasteiger partial charge in [-0.15, -0.1) is 0 Å². The molecule has 1 N–H and O–H groups in total. The number of amides is 1. The minimum Gasteiger partial charge on any atom is -0.497 e. The molecule has 0 radical (unpaired) electrons. The molecule has 25 heavy (non-hydrogen) atoms. The Morgan fingerprint density at radius 1 is 1.28 bits per heavy atom. The zero-order chi connectivity index (χ0) is 18.0. The van der Waals surface area contributed by atoms with Crippen LogP contribution >= 0.6 is 0 Å². The maximum atomic E-state index is 14.1. The van der Waals surface area contributed by atoms with E-state index in [0.29, 0.717) is 17.9 Å². The van der Waals surface area contributed by atoms with E-state index in [2.05, 4.69) is 5.32 Å². The van der Waals surface area contributed by atoms with Gasteiger partial charge in [-0.2, -0.15) is 0 Å². The highest BCUT2D eigenvalue weighted by Gasteiger charge is 2.53. The van der Waals surface area contributed by atoms with E-state index in [1.807, 2.05) is 31.2 Å². The lowest BCUT2D eigenvalue weighted by Gasteiger charge is -2.19. The van der Waals surface area contributed by atoms with Crippen LogP contribution in [0.5, 0.6) is 5.75 Å². The van der Waals surface area contributed by atoms with E-state index in [-0.39, 0.29) is 18.2 Å². The highest BCUT2D eigenvalue weighted by Crippen LogP contribution is 2.54. The number of hydrogen-bond acceptors (Lipinski definition) is 2. The quantitative estimate of drug-likeness (QED) is 0.869. The van der Waals surface area contributed by atoms with E-state index in [0.717, 1.165) is 18.1 Å². The average molecular weight is 345 g/mol. The van der Waals surface area contributed by atoms with Gasteiger partial charge in [-0.05, 0) is 41.7 Å². The largest absolute Gasteiger partial charge is 0.497 e. The van der Waals surface area contributed by atoms with Crippen molar-refractivity contribution in [1.82, 2.24) is 5.32 Å². The summed E-state index contributed by atoms with van der Waals surface area (Å²) < 4.78 is 32.5. The highest BCUT2D eigenvalue weighted by molar-refractivity contribution is 5.78. The van der Waals surface area contributed by atoms with E-state index >= 15 is 0 Å². The summed E-state index contributed by atoms with van der Waals surface area (Å²) in [7, 11) is 1.58. The molecule has 2 unspecified atom stereocenters. The van der Waals surface area contributed by atoms with Crippen molar-refractivity contribution < 1.29 is 18.3 Å². The van der Waals surface area contributed by atoms with Gasteiger partial charge in [-0.3, -0.25) is 4.79 Å². The van der Waals surface area contributed by atoms with Crippen LogP contribution in [-0.2, 0) is 16.6 Å². The smallest absolute Gasteiger partial charge is 0.224 e. The summed E-state index contributed by atoms with van der Waals surface area (Å²) in [5, 5.41) is 2.90. The predicted octanol–water partition coefficient (Wildman–Crippen LogP) is 3.61. The third-order valence-electron chi connectivity index (χ3n) is 5.02. The van der Waals surface area contributed by atoms with Gasteiger partial charge in [0.25, 0.3) is 0 Å². The zero-order valence-electron chi connectivity index (χ0n) is 14.3. The summed E-state index contributed by atoms with van der Waals surface area (Å²) in [6.07, 6.45) is 1.00. The Balaban J connectivity index is 1.66. The molecule has 1 aliphatic carbocycles. The molecule has 3 nitrogen and oxygen atoms in total. The SMILES string of the molecule is COc1cccc(CC(=O)NCC2(c3ccc(F)cc3F)CC2C)c1. The first-order valence-electron chi connectivity index (χ1n) is 8.30. The minimum absolute atomic E-state index is 0.130. The van der Waals surface area contributed by atoms with Crippen molar-refractivity contribution in [2.75, 3.05) is 13.7 Å². The molecule has 0 spiro atoms. The van der Waals surface area contributed by atoms with Crippen molar-refractivity contribution in [3.63, 3.8) is 0 Å². The molecule has 1 amide bonds. The molecule has 0 aromatic heterocycles. The second kappa shape index (κ2) is 6.82. The molecule has 5 heteroatoms. The topological polar surface area (TPSA) is 38.3 Å². The lowest BCUT2D eigenvalue weighted by atomic mass is 9.92. The monoisotopic (exact) mass is 345 g/mol. The standard InChI is InChI=1S/C20H21F2NO2/c1-13-11-20(13,17-7-6-15(21)10-18(17)22)12-23-19(24)9-14-4-3-5-16(8-14)25-2/h3-8,10,13H,9,11-12H2,1-2H3,(H,23,24). The lowest BCUT2D eigenvalue weighted by Crippen LogP contribution is -2.34. The number of hydrogen-bond donors (Lipinski definition) is 1. The fraction of sp³-hybridized carbons (Fsp3) is 0.350. The summed E-state index contributed by atoms with van der Waals surface area (Å²) in [4.78, 5) is 12.3. The molecule has 0 bridgehead atoms. The molecule has 1 fully saturated rings. The van der Waals surface area contributed by atoms with Crippen LogP contribution in [0.1, 0.15) is 24.5 Å². The van der Waals surface area contributed by atoms with E-state index < -0.39 is 17.0 Å². The van der Waals surface area contributed by atoms with Crippen molar-refractivity contribution in [2.24, 2.45) is 5.92 Å². The third kappa shape index (κ3) is 3.65.